The summed E-state index contributed by atoms with van der Waals surface area (Å²) in [6.07, 6.45) is 4.29. The van der Waals surface area contributed by atoms with Crippen molar-refractivity contribution in [2.75, 3.05) is 0 Å². The first-order valence-electron chi connectivity index (χ1n) is 6.46. The van der Waals surface area contributed by atoms with E-state index in [0.29, 0.717) is 12.0 Å². The highest BCUT2D eigenvalue weighted by atomic mass is 15.0. The van der Waals surface area contributed by atoms with Gasteiger partial charge in [-0.2, -0.15) is 4.57 Å². The Kier molecular flexibility index (Phi) is 2.55. The molecule has 0 saturated heterocycles. The first-order chi connectivity index (χ1) is 8.72. The van der Waals surface area contributed by atoms with Crippen molar-refractivity contribution in [2.24, 2.45) is 0 Å². The maximum absolute atomic E-state index is 4.02. The van der Waals surface area contributed by atoms with Crippen LogP contribution in [-0.2, 0) is 0 Å². The molecule has 3 rings (SSSR count). The van der Waals surface area contributed by atoms with E-state index in [2.05, 4.69) is 73.7 Å². The molecule has 90 valence electrons. The topological polar surface area (TPSA) is 3.88 Å². The van der Waals surface area contributed by atoms with Crippen LogP contribution >= 0.6 is 0 Å². The number of benzene rings is 1. The minimum atomic E-state index is 0.342. The predicted octanol–water partition coefficient (Wildman–Crippen LogP) is 3.79. The SMILES string of the molecule is C=CC1C(C)c2ccccc2-c2ccc(C)c[n+]21. The molecule has 1 aliphatic heterocycles. The van der Waals surface area contributed by atoms with E-state index in [4.69, 9.17) is 0 Å². The van der Waals surface area contributed by atoms with Crippen LogP contribution in [0.25, 0.3) is 11.3 Å². The third-order valence-electron chi connectivity index (χ3n) is 3.93. The summed E-state index contributed by atoms with van der Waals surface area (Å²) in [6, 6.07) is 13.4. The van der Waals surface area contributed by atoms with Gasteiger partial charge in [-0.05, 0) is 30.7 Å². The highest BCUT2D eigenvalue weighted by molar-refractivity contribution is 5.63. The Morgan fingerprint density at radius 1 is 1.17 bits per heavy atom. The van der Waals surface area contributed by atoms with Crippen LogP contribution in [0.15, 0.2) is 55.3 Å². The molecule has 0 bridgehead atoms. The van der Waals surface area contributed by atoms with Crippen LogP contribution in [0.2, 0.25) is 0 Å². The predicted molar refractivity (Wildman–Crippen MR) is 74.5 cm³/mol. The molecule has 18 heavy (non-hydrogen) atoms. The molecule has 1 aromatic carbocycles. The van der Waals surface area contributed by atoms with Gasteiger partial charge in [0.15, 0.2) is 12.2 Å². The normalized spacial score (nSPS) is 21.0. The van der Waals surface area contributed by atoms with E-state index in [1.165, 1.54) is 22.4 Å². The fourth-order valence-electron chi connectivity index (χ4n) is 2.97. The molecule has 2 aromatic rings. The smallest absolute Gasteiger partial charge is 0.191 e. The van der Waals surface area contributed by atoms with Gasteiger partial charge >= 0.3 is 0 Å². The Labute approximate surface area is 108 Å². The van der Waals surface area contributed by atoms with Gasteiger partial charge in [-0.3, -0.25) is 0 Å². The summed E-state index contributed by atoms with van der Waals surface area (Å²) >= 11 is 0. The second kappa shape index (κ2) is 4.09. The monoisotopic (exact) mass is 236 g/mol. The number of rotatable bonds is 1. The minimum Gasteiger partial charge on any atom is -0.191 e. The summed E-state index contributed by atoms with van der Waals surface area (Å²) in [6.45, 7) is 8.43. The summed E-state index contributed by atoms with van der Waals surface area (Å²) in [5.41, 5.74) is 5.35. The van der Waals surface area contributed by atoms with Gasteiger partial charge in [0.25, 0.3) is 0 Å². The molecule has 0 spiro atoms. The highest BCUT2D eigenvalue weighted by Crippen LogP contribution is 2.37. The Hall–Kier alpha value is -1.89. The lowest BCUT2D eigenvalue weighted by molar-refractivity contribution is -0.706. The van der Waals surface area contributed by atoms with Gasteiger partial charge < -0.3 is 0 Å². The molecule has 0 amide bonds. The molecule has 0 N–H and O–H groups in total. The lowest BCUT2D eigenvalue weighted by Gasteiger charge is -2.26. The van der Waals surface area contributed by atoms with Gasteiger partial charge in [-0.25, -0.2) is 0 Å². The minimum absolute atomic E-state index is 0.342. The molecule has 2 unspecified atom stereocenters. The largest absolute Gasteiger partial charge is 0.213 e. The number of hydrogen-bond donors (Lipinski definition) is 0. The second-order valence-electron chi connectivity index (χ2n) is 5.10. The molecule has 2 heterocycles. The van der Waals surface area contributed by atoms with Gasteiger partial charge in [0.2, 0.25) is 5.69 Å². The third-order valence-corrected chi connectivity index (χ3v) is 3.93. The van der Waals surface area contributed by atoms with Crippen LogP contribution in [0, 0.1) is 6.92 Å². The van der Waals surface area contributed by atoms with Crippen molar-refractivity contribution in [1.29, 1.82) is 0 Å². The van der Waals surface area contributed by atoms with E-state index in [1.54, 1.807) is 0 Å². The van der Waals surface area contributed by atoms with Crippen molar-refractivity contribution in [3.8, 4) is 11.3 Å². The van der Waals surface area contributed by atoms with Crippen molar-refractivity contribution in [3.63, 3.8) is 0 Å². The summed E-state index contributed by atoms with van der Waals surface area (Å²) in [7, 11) is 0. The molecule has 1 aliphatic rings. The van der Waals surface area contributed by atoms with Crippen molar-refractivity contribution in [3.05, 3.63) is 66.4 Å². The first kappa shape index (κ1) is 11.2. The van der Waals surface area contributed by atoms with Crippen molar-refractivity contribution in [1.82, 2.24) is 0 Å². The van der Waals surface area contributed by atoms with Crippen LogP contribution < -0.4 is 4.57 Å². The lowest BCUT2D eigenvalue weighted by atomic mass is 9.84. The van der Waals surface area contributed by atoms with Gasteiger partial charge in [-0.1, -0.05) is 31.7 Å². The van der Waals surface area contributed by atoms with E-state index in [-0.39, 0.29) is 0 Å². The second-order valence-corrected chi connectivity index (χ2v) is 5.10. The van der Waals surface area contributed by atoms with Crippen LogP contribution in [0.5, 0.6) is 0 Å². The Bertz CT molecular complexity index is 613. The van der Waals surface area contributed by atoms with Gasteiger partial charge in [-0.15, -0.1) is 0 Å². The van der Waals surface area contributed by atoms with Crippen LogP contribution in [0.3, 0.4) is 0 Å². The first-order valence-corrected chi connectivity index (χ1v) is 6.46. The van der Waals surface area contributed by atoms with Crippen LogP contribution in [0.4, 0.5) is 0 Å². The average Bonchev–Trinajstić information content (AvgIpc) is 2.39. The number of pyridine rings is 1. The summed E-state index contributed by atoms with van der Waals surface area (Å²) in [5.74, 6) is 0.470. The number of nitrogens with zero attached hydrogens (tertiary/aromatic N) is 1. The maximum Gasteiger partial charge on any atom is 0.213 e. The zero-order valence-corrected chi connectivity index (χ0v) is 10.9. The van der Waals surface area contributed by atoms with Crippen molar-refractivity contribution in [2.45, 2.75) is 25.8 Å². The molecular weight excluding hydrogens is 218 g/mol. The van der Waals surface area contributed by atoms with E-state index >= 15 is 0 Å². The van der Waals surface area contributed by atoms with Gasteiger partial charge in [0.1, 0.15) is 0 Å². The molecule has 1 heteroatoms. The quantitative estimate of drug-likeness (QED) is 0.524. The third kappa shape index (κ3) is 1.51. The summed E-state index contributed by atoms with van der Waals surface area (Å²) in [4.78, 5) is 0. The fourth-order valence-corrected chi connectivity index (χ4v) is 2.97. The van der Waals surface area contributed by atoms with Gasteiger partial charge in [0, 0.05) is 23.1 Å². The number of hydrogen-bond acceptors (Lipinski definition) is 0. The molecule has 2 atom stereocenters. The van der Waals surface area contributed by atoms with E-state index in [1.807, 2.05) is 0 Å². The molecule has 0 radical (unpaired) electrons. The lowest BCUT2D eigenvalue weighted by Crippen LogP contribution is -2.46. The molecule has 0 saturated carbocycles. The maximum atomic E-state index is 4.02. The molecule has 0 fully saturated rings. The zero-order chi connectivity index (χ0) is 12.7. The van der Waals surface area contributed by atoms with Crippen LogP contribution in [-0.4, -0.2) is 0 Å². The molecule has 0 aliphatic carbocycles. The number of aromatic nitrogens is 1. The number of aryl methyl sites for hydroxylation is 1. The Morgan fingerprint density at radius 2 is 1.94 bits per heavy atom. The highest BCUT2D eigenvalue weighted by Gasteiger charge is 2.35. The molecule has 1 nitrogen and oxygen atoms in total. The van der Waals surface area contributed by atoms with Gasteiger partial charge in [0.05, 0.1) is 0 Å². The summed E-state index contributed by atoms with van der Waals surface area (Å²) in [5, 5.41) is 0. The molecular formula is C17H18N+. The average molecular weight is 236 g/mol. The zero-order valence-electron chi connectivity index (χ0n) is 10.9. The molecule has 1 aromatic heterocycles. The van der Waals surface area contributed by atoms with E-state index in [9.17, 15) is 0 Å². The fraction of sp³-hybridized carbons (Fsp3) is 0.235. The standard InChI is InChI=1S/C17H18N/c1-4-16-13(3)14-7-5-6-8-15(14)17-10-9-12(2)11-18(16)17/h4-11,13,16H,1H2,2-3H3/q+1. The number of fused-ring (bicyclic) bond motifs is 3. The van der Waals surface area contributed by atoms with Crippen LogP contribution in [0.1, 0.15) is 30.0 Å². The van der Waals surface area contributed by atoms with Crippen molar-refractivity contribution >= 4 is 0 Å². The Morgan fingerprint density at radius 3 is 2.72 bits per heavy atom. The van der Waals surface area contributed by atoms with E-state index < -0.39 is 0 Å². The van der Waals surface area contributed by atoms with E-state index in [0.717, 1.165) is 0 Å². The Balaban J connectivity index is 2.33. The summed E-state index contributed by atoms with van der Waals surface area (Å²) < 4.78 is 2.36. The number of allylic oxidation sites excluding steroid dienone is 1. The van der Waals surface area contributed by atoms with Crippen molar-refractivity contribution < 1.29 is 4.57 Å².